The van der Waals surface area contributed by atoms with Gasteiger partial charge in [-0.1, -0.05) is 0 Å². The molecule has 1 aliphatic heterocycles. The maximum Gasteiger partial charge on any atom is 0.151 e. The summed E-state index contributed by atoms with van der Waals surface area (Å²) in [5.41, 5.74) is 7.70. The summed E-state index contributed by atoms with van der Waals surface area (Å²) in [5, 5.41) is 3.34. The molecule has 6 nitrogen and oxygen atoms in total. The van der Waals surface area contributed by atoms with E-state index in [-0.39, 0.29) is 11.6 Å². The number of aldehydes is 1. The lowest BCUT2D eigenvalue weighted by atomic mass is 9.99. The van der Waals surface area contributed by atoms with Crippen molar-refractivity contribution in [3.8, 4) is 11.3 Å². The second-order valence-corrected chi connectivity index (χ2v) is 8.02. The Hall–Kier alpha value is -3.10. The number of nitrogens with two attached hydrogens (primary N) is 1. The van der Waals surface area contributed by atoms with Crippen molar-refractivity contribution in [3.63, 3.8) is 0 Å². The lowest BCUT2D eigenvalue weighted by molar-refractivity contribution is -0.115. The quantitative estimate of drug-likeness (QED) is 0.627. The number of imidazole rings is 1. The molecule has 30 heavy (non-hydrogen) atoms. The molecule has 3 aromatic rings. The van der Waals surface area contributed by atoms with Crippen molar-refractivity contribution in [1.82, 2.24) is 14.5 Å². The number of nitrogens with zero attached hydrogens (tertiary/aromatic N) is 3. The van der Waals surface area contributed by atoms with Gasteiger partial charge in [-0.05, 0) is 62.4 Å². The van der Waals surface area contributed by atoms with Gasteiger partial charge >= 0.3 is 0 Å². The van der Waals surface area contributed by atoms with Crippen LogP contribution in [0.25, 0.3) is 11.3 Å². The number of hydrogen-bond donors (Lipinski definition) is 2. The molecular weight excluding hydrogens is 388 g/mol. The standard InChI is InChI=1S/C22H23F2N5O/c1-22(2)13-28-19(11-29(22)18(25)12-30)27-20(14-3-5-15(23)6-4-14)21(28)26-17-9-7-16(24)8-10-17/h3-10,12,18,26H,11,13,25H2,1-2H3. The van der Waals surface area contributed by atoms with Crippen LogP contribution in [0.2, 0.25) is 0 Å². The Kier molecular flexibility index (Phi) is 5.13. The number of hydrogen-bond acceptors (Lipinski definition) is 5. The fraction of sp³-hybridized carbons (Fsp3) is 0.273. The largest absolute Gasteiger partial charge is 0.340 e. The summed E-state index contributed by atoms with van der Waals surface area (Å²) in [6.45, 7) is 4.94. The van der Waals surface area contributed by atoms with Gasteiger partial charge in [0.25, 0.3) is 0 Å². The van der Waals surface area contributed by atoms with E-state index in [1.54, 1.807) is 24.3 Å². The van der Waals surface area contributed by atoms with Crippen LogP contribution in [-0.2, 0) is 17.9 Å². The summed E-state index contributed by atoms with van der Waals surface area (Å²) in [7, 11) is 0. The van der Waals surface area contributed by atoms with Gasteiger partial charge in [0.2, 0.25) is 0 Å². The number of benzene rings is 2. The number of carbonyl (C=O) groups is 1. The molecule has 1 unspecified atom stereocenters. The number of aromatic nitrogens is 2. The van der Waals surface area contributed by atoms with Crippen LogP contribution in [0.1, 0.15) is 19.7 Å². The number of fused-ring (bicyclic) bond motifs is 1. The predicted molar refractivity (Wildman–Crippen MR) is 111 cm³/mol. The Labute approximate surface area is 173 Å². The maximum absolute atomic E-state index is 13.5. The summed E-state index contributed by atoms with van der Waals surface area (Å²) >= 11 is 0. The van der Waals surface area contributed by atoms with Gasteiger partial charge < -0.3 is 20.4 Å². The van der Waals surface area contributed by atoms with Crippen molar-refractivity contribution >= 4 is 17.8 Å². The second-order valence-electron chi connectivity index (χ2n) is 8.02. The molecule has 2 aromatic carbocycles. The van der Waals surface area contributed by atoms with Crippen LogP contribution in [-0.4, -0.2) is 32.4 Å². The molecule has 2 heterocycles. The molecule has 0 saturated carbocycles. The summed E-state index contributed by atoms with van der Waals surface area (Å²) in [4.78, 5) is 18.0. The minimum atomic E-state index is -0.742. The molecule has 8 heteroatoms. The fourth-order valence-corrected chi connectivity index (χ4v) is 3.82. The van der Waals surface area contributed by atoms with Gasteiger partial charge in [-0.15, -0.1) is 0 Å². The van der Waals surface area contributed by atoms with E-state index < -0.39 is 11.7 Å². The summed E-state index contributed by atoms with van der Waals surface area (Å²) < 4.78 is 28.9. The van der Waals surface area contributed by atoms with Crippen molar-refractivity contribution in [1.29, 1.82) is 0 Å². The lowest BCUT2D eigenvalue weighted by Gasteiger charge is -2.44. The van der Waals surface area contributed by atoms with E-state index in [0.717, 1.165) is 23.5 Å². The van der Waals surface area contributed by atoms with E-state index in [9.17, 15) is 13.6 Å². The number of anilines is 2. The molecule has 3 N–H and O–H groups in total. The van der Waals surface area contributed by atoms with Crippen LogP contribution in [0.5, 0.6) is 0 Å². The molecule has 156 valence electrons. The average molecular weight is 411 g/mol. The highest BCUT2D eigenvalue weighted by molar-refractivity contribution is 5.76. The molecule has 0 amide bonds. The normalized spacial score (nSPS) is 16.7. The van der Waals surface area contributed by atoms with Gasteiger partial charge in [0.15, 0.2) is 6.29 Å². The summed E-state index contributed by atoms with van der Waals surface area (Å²) in [5.74, 6) is 0.792. The second kappa shape index (κ2) is 7.62. The molecule has 0 spiro atoms. The molecule has 1 aromatic heterocycles. The van der Waals surface area contributed by atoms with Gasteiger partial charge in [0, 0.05) is 23.3 Å². The Morgan fingerprint density at radius 2 is 1.70 bits per heavy atom. The Bertz CT molecular complexity index is 1060. The molecule has 0 radical (unpaired) electrons. The molecule has 0 bridgehead atoms. The van der Waals surface area contributed by atoms with E-state index in [0.29, 0.717) is 24.5 Å². The number of halogens is 2. The van der Waals surface area contributed by atoms with Gasteiger partial charge in [0.05, 0.1) is 6.54 Å². The highest BCUT2D eigenvalue weighted by atomic mass is 19.1. The smallest absolute Gasteiger partial charge is 0.151 e. The molecule has 0 aliphatic carbocycles. The molecule has 4 rings (SSSR count). The monoisotopic (exact) mass is 411 g/mol. The van der Waals surface area contributed by atoms with Crippen molar-refractivity contribution in [2.24, 2.45) is 5.73 Å². The average Bonchev–Trinajstić information content (AvgIpc) is 3.05. The lowest BCUT2D eigenvalue weighted by Crippen LogP contribution is -2.58. The van der Waals surface area contributed by atoms with Gasteiger partial charge in [-0.3, -0.25) is 4.90 Å². The van der Waals surface area contributed by atoms with E-state index in [4.69, 9.17) is 10.7 Å². The first-order valence-corrected chi connectivity index (χ1v) is 9.64. The molecule has 0 saturated heterocycles. The van der Waals surface area contributed by atoms with Gasteiger partial charge in [-0.2, -0.15) is 0 Å². The van der Waals surface area contributed by atoms with Gasteiger partial charge in [0.1, 0.15) is 35.1 Å². The molecule has 1 atom stereocenters. The first-order chi connectivity index (χ1) is 14.3. The van der Waals surface area contributed by atoms with Crippen molar-refractivity contribution < 1.29 is 13.6 Å². The van der Waals surface area contributed by atoms with Crippen LogP contribution < -0.4 is 11.1 Å². The minimum Gasteiger partial charge on any atom is -0.340 e. The zero-order valence-corrected chi connectivity index (χ0v) is 16.8. The first kappa shape index (κ1) is 20.2. The zero-order chi connectivity index (χ0) is 21.5. The first-order valence-electron chi connectivity index (χ1n) is 9.64. The highest BCUT2D eigenvalue weighted by Crippen LogP contribution is 2.37. The Morgan fingerprint density at radius 3 is 2.30 bits per heavy atom. The van der Waals surface area contributed by atoms with Crippen LogP contribution in [0.4, 0.5) is 20.3 Å². The molecular formula is C22H23F2N5O. The third-order valence-electron chi connectivity index (χ3n) is 5.40. The van der Waals surface area contributed by atoms with Crippen LogP contribution in [0.15, 0.2) is 48.5 Å². The highest BCUT2D eigenvalue weighted by Gasteiger charge is 2.38. The fourth-order valence-electron chi connectivity index (χ4n) is 3.82. The molecule has 0 fully saturated rings. The summed E-state index contributed by atoms with van der Waals surface area (Å²) in [6, 6.07) is 12.1. The summed E-state index contributed by atoms with van der Waals surface area (Å²) in [6.07, 6.45) is -0.0212. The minimum absolute atomic E-state index is 0.325. The number of rotatable bonds is 5. The number of nitrogens with one attached hydrogen (secondary N) is 1. The van der Waals surface area contributed by atoms with Crippen LogP contribution in [0.3, 0.4) is 0 Å². The third-order valence-corrected chi connectivity index (χ3v) is 5.40. The van der Waals surface area contributed by atoms with Crippen molar-refractivity contribution in [3.05, 3.63) is 66.0 Å². The third kappa shape index (κ3) is 3.71. The van der Waals surface area contributed by atoms with Crippen molar-refractivity contribution in [2.75, 3.05) is 5.32 Å². The Morgan fingerprint density at radius 1 is 1.10 bits per heavy atom. The molecule has 1 aliphatic rings. The van der Waals surface area contributed by atoms with E-state index >= 15 is 0 Å². The van der Waals surface area contributed by atoms with E-state index in [2.05, 4.69) is 5.32 Å². The van der Waals surface area contributed by atoms with Gasteiger partial charge in [-0.25, -0.2) is 13.8 Å². The van der Waals surface area contributed by atoms with Crippen molar-refractivity contribution in [2.45, 2.75) is 38.6 Å². The maximum atomic E-state index is 13.5. The van der Waals surface area contributed by atoms with E-state index in [1.165, 1.54) is 24.3 Å². The van der Waals surface area contributed by atoms with E-state index in [1.807, 2.05) is 23.3 Å². The van der Waals surface area contributed by atoms with Crippen LogP contribution in [0, 0.1) is 11.6 Å². The topological polar surface area (TPSA) is 76.2 Å². The number of carbonyl (C=O) groups excluding carboxylic acids is 1. The Balaban J connectivity index is 1.82. The van der Waals surface area contributed by atoms with Crippen LogP contribution >= 0.6 is 0 Å². The SMILES string of the molecule is CC1(C)Cn2c(nc(-c3ccc(F)cc3)c2Nc2ccc(F)cc2)CN1C(N)C=O. The predicted octanol–water partition coefficient (Wildman–Crippen LogP) is 3.65. The zero-order valence-electron chi connectivity index (χ0n) is 16.8.